The van der Waals surface area contributed by atoms with Crippen LogP contribution in [0.4, 0.5) is 11.4 Å². The number of hydrogen-bond donors (Lipinski definition) is 1. The molecule has 1 unspecified atom stereocenters. The van der Waals surface area contributed by atoms with E-state index in [1.807, 2.05) is 0 Å². The summed E-state index contributed by atoms with van der Waals surface area (Å²) in [6, 6.07) is 6.53. The zero-order valence-corrected chi connectivity index (χ0v) is 11.7. The lowest BCUT2D eigenvalue weighted by atomic mass is 10.1. The standard InChI is InChI=1S/C14H15N3O4/c1-10(8-15)9-16(2)12-4-5-13(17(20)21)11(7-12)3-6-14(18)19/h3-7,10H,9H2,1-2H3,(H,18,19)/b6-3+. The molecule has 110 valence electrons. The first-order valence-electron chi connectivity index (χ1n) is 6.15. The molecule has 7 nitrogen and oxygen atoms in total. The zero-order chi connectivity index (χ0) is 16.0. The van der Waals surface area contributed by atoms with Crippen molar-refractivity contribution in [1.82, 2.24) is 0 Å². The number of hydrogen-bond acceptors (Lipinski definition) is 5. The maximum atomic E-state index is 10.9. The van der Waals surface area contributed by atoms with Gasteiger partial charge in [0.1, 0.15) is 0 Å². The van der Waals surface area contributed by atoms with Gasteiger partial charge >= 0.3 is 5.97 Å². The van der Waals surface area contributed by atoms with Crippen molar-refractivity contribution < 1.29 is 14.8 Å². The van der Waals surface area contributed by atoms with Crippen LogP contribution in [-0.4, -0.2) is 29.6 Å². The van der Waals surface area contributed by atoms with Gasteiger partial charge in [0, 0.05) is 31.4 Å². The van der Waals surface area contributed by atoms with E-state index in [0.717, 1.165) is 6.08 Å². The van der Waals surface area contributed by atoms with Crippen LogP contribution in [0.3, 0.4) is 0 Å². The number of carbonyl (C=O) groups is 1. The van der Waals surface area contributed by atoms with Crippen LogP contribution in [-0.2, 0) is 4.79 Å². The summed E-state index contributed by atoms with van der Waals surface area (Å²) in [6.45, 7) is 2.24. The van der Waals surface area contributed by atoms with E-state index in [4.69, 9.17) is 10.4 Å². The van der Waals surface area contributed by atoms with Crippen LogP contribution < -0.4 is 4.90 Å². The highest BCUT2D eigenvalue weighted by Crippen LogP contribution is 2.26. The maximum absolute atomic E-state index is 10.9. The summed E-state index contributed by atoms with van der Waals surface area (Å²) in [5.74, 6) is -1.37. The van der Waals surface area contributed by atoms with E-state index in [1.165, 1.54) is 18.2 Å². The number of rotatable bonds is 6. The number of nitro benzene ring substituents is 1. The molecule has 0 aliphatic rings. The van der Waals surface area contributed by atoms with Crippen LogP contribution in [0.15, 0.2) is 24.3 Å². The monoisotopic (exact) mass is 289 g/mol. The largest absolute Gasteiger partial charge is 0.478 e. The average Bonchev–Trinajstić information content (AvgIpc) is 2.44. The number of carboxylic acid groups (broad SMARTS) is 1. The molecule has 1 aromatic carbocycles. The molecule has 0 radical (unpaired) electrons. The summed E-state index contributed by atoms with van der Waals surface area (Å²) in [4.78, 5) is 22.7. The number of nitriles is 1. The SMILES string of the molecule is CC(C#N)CN(C)c1ccc([N+](=O)[O-])c(/C=C/C(=O)O)c1. The van der Waals surface area contributed by atoms with E-state index in [9.17, 15) is 14.9 Å². The molecule has 0 heterocycles. The Kier molecular flexibility index (Phi) is 5.43. The van der Waals surface area contributed by atoms with Crippen molar-refractivity contribution in [3.05, 3.63) is 40.0 Å². The molecular formula is C14H15N3O4. The van der Waals surface area contributed by atoms with Gasteiger partial charge < -0.3 is 10.0 Å². The summed E-state index contributed by atoms with van der Waals surface area (Å²) in [6.07, 6.45) is 2.04. The van der Waals surface area contributed by atoms with Crippen LogP contribution in [0.5, 0.6) is 0 Å². The summed E-state index contributed by atoms with van der Waals surface area (Å²) >= 11 is 0. The first kappa shape index (κ1) is 16.2. The number of anilines is 1. The van der Waals surface area contributed by atoms with Crippen LogP contribution in [0.1, 0.15) is 12.5 Å². The second-order valence-electron chi connectivity index (χ2n) is 4.58. The van der Waals surface area contributed by atoms with E-state index in [2.05, 4.69) is 6.07 Å². The van der Waals surface area contributed by atoms with Gasteiger partial charge in [0.05, 0.1) is 22.5 Å². The Morgan fingerprint density at radius 2 is 2.29 bits per heavy atom. The van der Waals surface area contributed by atoms with Gasteiger partial charge in [-0.1, -0.05) is 0 Å². The van der Waals surface area contributed by atoms with E-state index in [1.54, 1.807) is 24.9 Å². The predicted octanol–water partition coefficient (Wildman–Crippen LogP) is 2.29. The van der Waals surface area contributed by atoms with E-state index in [0.29, 0.717) is 12.2 Å². The van der Waals surface area contributed by atoms with Crippen molar-refractivity contribution in [3.8, 4) is 6.07 Å². The summed E-state index contributed by atoms with van der Waals surface area (Å²) < 4.78 is 0. The molecule has 0 aliphatic carbocycles. The lowest BCUT2D eigenvalue weighted by Gasteiger charge is -2.20. The Morgan fingerprint density at radius 1 is 1.62 bits per heavy atom. The molecule has 0 bridgehead atoms. The van der Waals surface area contributed by atoms with Crippen molar-refractivity contribution in [2.24, 2.45) is 5.92 Å². The summed E-state index contributed by atoms with van der Waals surface area (Å²) in [7, 11) is 1.76. The Bertz CT molecular complexity index is 619. The van der Waals surface area contributed by atoms with E-state index >= 15 is 0 Å². The summed E-state index contributed by atoms with van der Waals surface area (Å²) in [5, 5.41) is 28.4. The quantitative estimate of drug-likeness (QED) is 0.489. The van der Waals surface area contributed by atoms with Crippen molar-refractivity contribution in [3.63, 3.8) is 0 Å². The summed E-state index contributed by atoms with van der Waals surface area (Å²) in [5.41, 5.74) is 0.710. The molecule has 0 aromatic heterocycles. The Labute approximate surface area is 121 Å². The maximum Gasteiger partial charge on any atom is 0.328 e. The van der Waals surface area contributed by atoms with Crippen molar-refractivity contribution >= 4 is 23.4 Å². The fourth-order valence-electron chi connectivity index (χ4n) is 1.80. The van der Waals surface area contributed by atoms with E-state index in [-0.39, 0.29) is 17.2 Å². The van der Waals surface area contributed by atoms with Gasteiger partial charge in [-0.2, -0.15) is 5.26 Å². The Morgan fingerprint density at radius 3 is 2.81 bits per heavy atom. The molecule has 0 saturated carbocycles. The predicted molar refractivity (Wildman–Crippen MR) is 77.8 cm³/mol. The smallest absolute Gasteiger partial charge is 0.328 e. The molecule has 0 spiro atoms. The molecular weight excluding hydrogens is 274 g/mol. The Balaban J connectivity index is 3.15. The lowest BCUT2D eigenvalue weighted by Crippen LogP contribution is -2.23. The Hall–Kier alpha value is -2.88. The highest BCUT2D eigenvalue weighted by atomic mass is 16.6. The number of carboxylic acids is 1. The van der Waals surface area contributed by atoms with Gasteiger partial charge in [-0.25, -0.2) is 4.79 Å². The number of nitrogens with zero attached hydrogens (tertiary/aromatic N) is 3. The second-order valence-corrected chi connectivity index (χ2v) is 4.58. The minimum atomic E-state index is -1.18. The average molecular weight is 289 g/mol. The van der Waals surface area contributed by atoms with Gasteiger partial charge in [0.25, 0.3) is 5.69 Å². The number of benzene rings is 1. The van der Waals surface area contributed by atoms with Crippen LogP contribution in [0.25, 0.3) is 6.08 Å². The molecule has 0 fully saturated rings. The highest BCUT2D eigenvalue weighted by Gasteiger charge is 2.14. The fourth-order valence-corrected chi connectivity index (χ4v) is 1.80. The molecule has 0 saturated heterocycles. The molecule has 7 heteroatoms. The second kappa shape index (κ2) is 7.05. The normalized spacial score (nSPS) is 11.9. The van der Waals surface area contributed by atoms with Gasteiger partial charge in [-0.3, -0.25) is 10.1 Å². The molecule has 1 atom stereocenters. The third-order valence-electron chi connectivity index (χ3n) is 2.82. The van der Waals surface area contributed by atoms with Crippen molar-refractivity contribution in [1.29, 1.82) is 5.26 Å². The number of nitro groups is 1. The minimum Gasteiger partial charge on any atom is -0.478 e. The van der Waals surface area contributed by atoms with Crippen LogP contribution >= 0.6 is 0 Å². The molecule has 1 N–H and O–H groups in total. The minimum absolute atomic E-state index is 0.169. The van der Waals surface area contributed by atoms with Gasteiger partial charge in [-0.15, -0.1) is 0 Å². The van der Waals surface area contributed by atoms with Crippen molar-refractivity contribution in [2.45, 2.75) is 6.92 Å². The lowest BCUT2D eigenvalue weighted by molar-refractivity contribution is -0.385. The first-order chi connectivity index (χ1) is 9.85. The van der Waals surface area contributed by atoms with Gasteiger partial charge in [-0.05, 0) is 25.1 Å². The zero-order valence-electron chi connectivity index (χ0n) is 11.7. The molecule has 21 heavy (non-hydrogen) atoms. The third-order valence-corrected chi connectivity index (χ3v) is 2.82. The van der Waals surface area contributed by atoms with Gasteiger partial charge in [0.15, 0.2) is 0 Å². The molecule has 0 aliphatic heterocycles. The highest BCUT2D eigenvalue weighted by molar-refractivity contribution is 5.86. The third kappa shape index (κ3) is 4.62. The molecule has 1 aromatic rings. The first-order valence-corrected chi connectivity index (χ1v) is 6.15. The van der Waals surface area contributed by atoms with Crippen LogP contribution in [0, 0.1) is 27.4 Å². The topological polar surface area (TPSA) is 107 Å². The van der Waals surface area contributed by atoms with Gasteiger partial charge in [0.2, 0.25) is 0 Å². The fraction of sp³-hybridized carbons (Fsp3) is 0.286. The van der Waals surface area contributed by atoms with Crippen molar-refractivity contribution in [2.75, 3.05) is 18.5 Å². The number of aliphatic carboxylic acids is 1. The van der Waals surface area contributed by atoms with Crippen LogP contribution in [0.2, 0.25) is 0 Å². The van der Waals surface area contributed by atoms with E-state index < -0.39 is 10.9 Å². The molecule has 1 rings (SSSR count). The molecule has 0 amide bonds.